The van der Waals surface area contributed by atoms with E-state index >= 15 is 0 Å². The van der Waals surface area contributed by atoms with Gasteiger partial charge in [0.2, 0.25) is 0 Å². The molecule has 2 aliphatic rings. The molecule has 0 bridgehead atoms. The number of H-pyrrole nitrogens is 2. The van der Waals surface area contributed by atoms with E-state index in [2.05, 4.69) is 21.8 Å². The van der Waals surface area contributed by atoms with Crippen LogP contribution in [0.25, 0.3) is 11.1 Å². The molecule has 7 heteroatoms. The van der Waals surface area contributed by atoms with Gasteiger partial charge < -0.3 is 9.88 Å². The lowest BCUT2D eigenvalue weighted by Gasteiger charge is -2.49. The minimum Gasteiger partial charge on any atom is -0.335 e. The molecule has 0 saturated carbocycles. The van der Waals surface area contributed by atoms with Crippen molar-refractivity contribution in [1.82, 2.24) is 19.8 Å². The van der Waals surface area contributed by atoms with E-state index in [-0.39, 0.29) is 5.91 Å². The smallest absolute Gasteiger partial charge is 0.325 e. The van der Waals surface area contributed by atoms with E-state index in [1.165, 1.54) is 25.5 Å². The Morgan fingerprint density at radius 1 is 1.11 bits per heavy atom. The molecule has 1 aromatic heterocycles. The zero-order chi connectivity index (χ0) is 19.0. The van der Waals surface area contributed by atoms with E-state index in [9.17, 15) is 14.4 Å². The third-order valence-corrected chi connectivity index (χ3v) is 5.74. The Balaban J connectivity index is 1.42. The maximum Gasteiger partial charge on any atom is 0.325 e. The van der Waals surface area contributed by atoms with Crippen LogP contribution in [0.3, 0.4) is 0 Å². The highest BCUT2D eigenvalue weighted by Crippen LogP contribution is 2.26. The fourth-order valence-corrected chi connectivity index (χ4v) is 4.09. The normalized spacial score (nSPS) is 21.1. The van der Waals surface area contributed by atoms with Gasteiger partial charge in [0.15, 0.2) is 0 Å². The standard InChI is InChI=1S/C20H24N4O3/c1-13-4-2-3-9-24(13)16-11-23(12-16)19(26)15-7-5-14(6-8-15)17-10-21-20(27)22-18(17)25/h5-8,10,13,16H,2-4,9,11-12H2,1H3,(H2,21,22,25,27)/t13-/m0/s1. The average molecular weight is 368 g/mol. The number of amides is 1. The van der Waals surface area contributed by atoms with Crippen molar-refractivity contribution in [2.75, 3.05) is 19.6 Å². The topological polar surface area (TPSA) is 89.3 Å². The summed E-state index contributed by atoms with van der Waals surface area (Å²) in [6.07, 6.45) is 5.19. The predicted molar refractivity (Wildman–Crippen MR) is 103 cm³/mol. The van der Waals surface area contributed by atoms with Gasteiger partial charge in [-0.15, -0.1) is 0 Å². The van der Waals surface area contributed by atoms with Gasteiger partial charge in [-0.1, -0.05) is 18.6 Å². The van der Waals surface area contributed by atoms with E-state index in [0.717, 1.165) is 19.6 Å². The Kier molecular flexibility index (Phi) is 4.70. The lowest BCUT2D eigenvalue weighted by Crippen LogP contribution is -2.63. The molecule has 2 fully saturated rings. The van der Waals surface area contributed by atoms with E-state index in [0.29, 0.717) is 28.8 Å². The number of nitrogens with one attached hydrogen (secondary N) is 2. The number of aromatic nitrogens is 2. The summed E-state index contributed by atoms with van der Waals surface area (Å²) in [6.45, 7) is 4.98. The molecule has 1 amide bonds. The number of hydrogen-bond acceptors (Lipinski definition) is 4. The van der Waals surface area contributed by atoms with E-state index in [4.69, 9.17) is 0 Å². The highest BCUT2D eigenvalue weighted by atomic mass is 16.2. The number of hydrogen-bond donors (Lipinski definition) is 2. The molecule has 2 aromatic rings. The molecule has 27 heavy (non-hydrogen) atoms. The first-order valence-electron chi connectivity index (χ1n) is 9.50. The monoisotopic (exact) mass is 368 g/mol. The first-order chi connectivity index (χ1) is 13.0. The van der Waals surface area contributed by atoms with Gasteiger partial charge in [0, 0.05) is 36.9 Å². The number of carbonyl (C=O) groups is 1. The van der Waals surface area contributed by atoms with Gasteiger partial charge in [0.25, 0.3) is 11.5 Å². The maximum atomic E-state index is 12.7. The summed E-state index contributed by atoms with van der Waals surface area (Å²) < 4.78 is 0. The van der Waals surface area contributed by atoms with Crippen molar-refractivity contribution >= 4 is 5.91 Å². The first kappa shape index (κ1) is 17.7. The molecule has 1 aromatic carbocycles. The summed E-state index contributed by atoms with van der Waals surface area (Å²) in [6, 6.07) is 8.03. The number of piperidine rings is 1. The molecule has 7 nitrogen and oxygen atoms in total. The predicted octanol–water partition coefficient (Wildman–Crippen LogP) is 1.43. The third-order valence-electron chi connectivity index (χ3n) is 5.74. The molecule has 3 heterocycles. The Hall–Kier alpha value is -2.67. The second kappa shape index (κ2) is 7.15. The third kappa shape index (κ3) is 3.47. The van der Waals surface area contributed by atoms with E-state index in [1.54, 1.807) is 24.3 Å². The number of aromatic amines is 2. The second-order valence-corrected chi connectivity index (χ2v) is 7.51. The van der Waals surface area contributed by atoms with Crippen LogP contribution in [0.2, 0.25) is 0 Å². The zero-order valence-corrected chi connectivity index (χ0v) is 15.4. The van der Waals surface area contributed by atoms with Gasteiger partial charge in [-0.2, -0.15) is 0 Å². The number of likely N-dealkylation sites (tertiary alicyclic amines) is 2. The number of nitrogens with zero attached hydrogens (tertiary/aromatic N) is 2. The van der Waals surface area contributed by atoms with Crippen LogP contribution in [0.5, 0.6) is 0 Å². The Morgan fingerprint density at radius 3 is 2.52 bits per heavy atom. The lowest BCUT2D eigenvalue weighted by atomic mass is 9.96. The van der Waals surface area contributed by atoms with Crippen LogP contribution in [0.4, 0.5) is 0 Å². The van der Waals surface area contributed by atoms with Crippen molar-refractivity contribution < 1.29 is 4.79 Å². The highest BCUT2D eigenvalue weighted by Gasteiger charge is 2.37. The summed E-state index contributed by atoms with van der Waals surface area (Å²) in [4.78, 5) is 44.8. The molecular formula is C20H24N4O3. The van der Waals surface area contributed by atoms with Gasteiger partial charge in [-0.3, -0.25) is 19.5 Å². The van der Waals surface area contributed by atoms with Crippen LogP contribution >= 0.6 is 0 Å². The molecular weight excluding hydrogens is 344 g/mol. The average Bonchev–Trinajstić information content (AvgIpc) is 2.62. The number of rotatable bonds is 3. The SMILES string of the molecule is C[C@H]1CCCCN1C1CN(C(=O)c2ccc(-c3c[nH]c(=O)[nH]c3=O)cc2)C1. The minimum atomic E-state index is -0.536. The lowest BCUT2D eigenvalue weighted by molar-refractivity contribution is 0.00213. The highest BCUT2D eigenvalue weighted by molar-refractivity contribution is 5.95. The fraction of sp³-hybridized carbons (Fsp3) is 0.450. The Labute approximate surface area is 157 Å². The number of carbonyl (C=O) groups excluding carboxylic acids is 1. The largest absolute Gasteiger partial charge is 0.335 e. The molecule has 2 N–H and O–H groups in total. The van der Waals surface area contributed by atoms with Gasteiger partial charge in [0.05, 0.1) is 5.56 Å². The van der Waals surface area contributed by atoms with Crippen LogP contribution in [0.1, 0.15) is 36.5 Å². The Morgan fingerprint density at radius 2 is 1.85 bits per heavy atom. The van der Waals surface area contributed by atoms with E-state index < -0.39 is 11.2 Å². The zero-order valence-electron chi connectivity index (χ0n) is 15.4. The molecule has 0 radical (unpaired) electrons. The van der Waals surface area contributed by atoms with Crippen LogP contribution < -0.4 is 11.2 Å². The van der Waals surface area contributed by atoms with Crippen molar-refractivity contribution in [2.24, 2.45) is 0 Å². The van der Waals surface area contributed by atoms with Crippen molar-refractivity contribution in [1.29, 1.82) is 0 Å². The molecule has 0 unspecified atom stereocenters. The number of benzene rings is 1. The molecule has 4 rings (SSSR count). The first-order valence-corrected chi connectivity index (χ1v) is 9.50. The molecule has 142 valence electrons. The summed E-state index contributed by atoms with van der Waals surface area (Å²) >= 11 is 0. The minimum absolute atomic E-state index is 0.0258. The molecule has 0 aliphatic carbocycles. The van der Waals surface area contributed by atoms with Crippen LogP contribution in [-0.2, 0) is 0 Å². The van der Waals surface area contributed by atoms with Gasteiger partial charge in [-0.05, 0) is 44.0 Å². The Bertz CT molecular complexity index is 941. The van der Waals surface area contributed by atoms with Crippen molar-refractivity contribution in [3.8, 4) is 11.1 Å². The van der Waals surface area contributed by atoms with Gasteiger partial charge >= 0.3 is 5.69 Å². The quantitative estimate of drug-likeness (QED) is 0.858. The van der Waals surface area contributed by atoms with Crippen LogP contribution in [0, 0.1) is 0 Å². The summed E-state index contributed by atoms with van der Waals surface area (Å²) in [5.41, 5.74) is 0.666. The fourth-order valence-electron chi connectivity index (χ4n) is 4.09. The van der Waals surface area contributed by atoms with Gasteiger partial charge in [-0.25, -0.2) is 4.79 Å². The second-order valence-electron chi connectivity index (χ2n) is 7.51. The van der Waals surface area contributed by atoms with Crippen molar-refractivity contribution in [2.45, 2.75) is 38.3 Å². The summed E-state index contributed by atoms with van der Waals surface area (Å²) in [5.74, 6) is 0.0258. The maximum absolute atomic E-state index is 12.7. The molecule has 1 atom stereocenters. The summed E-state index contributed by atoms with van der Waals surface area (Å²) in [5, 5.41) is 0. The van der Waals surface area contributed by atoms with Crippen molar-refractivity contribution in [3.63, 3.8) is 0 Å². The molecule has 0 spiro atoms. The van der Waals surface area contributed by atoms with Crippen molar-refractivity contribution in [3.05, 3.63) is 56.9 Å². The van der Waals surface area contributed by atoms with Gasteiger partial charge in [0.1, 0.15) is 0 Å². The van der Waals surface area contributed by atoms with E-state index in [1.807, 2.05) is 4.90 Å². The molecule has 2 aliphatic heterocycles. The summed E-state index contributed by atoms with van der Waals surface area (Å²) in [7, 11) is 0. The van der Waals surface area contributed by atoms with Crippen LogP contribution in [-0.4, -0.2) is 57.4 Å². The van der Waals surface area contributed by atoms with Crippen LogP contribution in [0.15, 0.2) is 40.1 Å². The molecule has 2 saturated heterocycles.